The van der Waals surface area contributed by atoms with Crippen LogP contribution in [0.25, 0.3) is 0 Å². The van der Waals surface area contributed by atoms with Crippen molar-refractivity contribution in [2.45, 2.75) is 32.2 Å². The number of carbonyl (C=O) groups is 3. The molecule has 0 radical (unpaired) electrons. The maximum atomic E-state index is 13.3. The Morgan fingerprint density at radius 1 is 1.13 bits per heavy atom. The summed E-state index contributed by atoms with van der Waals surface area (Å²) in [4.78, 5) is 42.0. The second-order valence-corrected chi connectivity index (χ2v) is 8.30. The summed E-state index contributed by atoms with van der Waals surface area (Å²) in [6, 6.07) is 13.2. The van der Waals surface area contributed by atoms with Gasteiger partial charge in [-0.1, -0.05) is 48.3 Å². The van der Waals surface area contributed by atoms with E-state index in [2.05, 4.69) is 5.32 Å². The molecule has 164 valence electrons. The van der Waals surface area contributed by atoms with Crippen LogP contribution in [-0.4, -0.2) is 53.2 Å². The van der Waals surface area contributed by atoms with E-state index < -0.39 is 6.04 Å². The van der Waals surface area contributed by atoms with Crippen molar-refractivity contribution < 1.29 is 14.4 Å². The lowest BCUT2D eigenvalue weighted by Crippen LogP contribution is -2.50. The zero-order valence-corrected chi connectivity index (χ0v) is 18.8. The third kappa shape index (κ3) is 5.77. The highest BCUT2D eigenvalue weighted by molar-refractivity contribution is 6.35. The van der Waals surface area contributed by atoms with Crippen molar-refractivity contribution in [2.75, 3.05) is 25.0 Å². The smallest absolute Gasteiger partial charge is 0.254 e. The average Bonchev–Trinajstić information content (AvgIpc) is 3.25. The Balaban J connectivity index is 1.71. The van der Waals surface area contributed by atoms with E-state index in [1.165, 1.54) is 4.90 Å². The summed E-state index contributed by atoms with van der Waals surface area (Å²) in [5.74, 6) is -0.746. The molecule has 0 saturated carbocycles. The quantitative estimate of drug-likeness (QED) is 0.660. The summed E-state index contributed by atoms with van der Waals surface area (Å²) in [5, 5.41) is 3.52. The van der Waals surface area contributed by atoms with Crippen LogP contribution in [0.1, 0.15) is 36.5 Å². The Kier molecular flexibility index (Phi) is 7.93. The minimum absolute atomic E-state index is 0.126. The number of carbonyl (C=O) groups excluding carboxylic acids is 3. The Morgan fingerprint density at radius 3 is 2.58 bits per heavy atom. The fourth-order valence-electron chi connectivity index (χ4n) is 3.72. The SMILES string of the molecule is CCCN(CC(=O)Nc1cc(Cl)ccc1Cl)C(=O)C1CCCN1C(=O)c1ccccc1. The molecule has 1 saturated heterocycles. The van der Waals surface area contributed by atoms with Crippen molar-refractivity contribution in [3.8, 4) is 0 Å². The maximum absolute atomic E-state index is 13.3. The Hall–Kier alpha value is -2.57. The molecule has 2 aromatic carbocycles. The number of nitrogens with one attached hydrogen (secondary N) is 1. The second kappa shape index (κ2) is 10.6. The van der Waals surface area contributed by atoms with Crippen LogP contribution in [0.2, 0.25) is 10.0 Å². The van der Waals surface area contributed by atoms with Crippen LogP contribution in [0.15, 0.2) is 48.5 Å². The molecule has 1 aliphatic heterocycles. The van der Waals surface area contributed by atoms with E-state index >= 15 is 0 Å². The van der Waals surface area contributed by atoms with E-state index in [1.807, 2.05) is 13.0 Å². The molecule has 0 bridgehead atoms. The minimum Gasteiger partial charge on any atom is -0.332 e. The van der Waals surface area contributed by atoms with Gasteiger partial charge in [0.2, 0.25) is 11.8 Å². The fraction of sp³-hybridized carbons (Fsp3) is 0.348. The number of likely N-dealkylation sites (tertiary alicyclic amines) is 1. The molecule has 1 aliphatic rings. The third-order valence-corrected chi connectivity index (χ3v) is 5.73. The molecule has 2 aromatic rings. The topological polar surface area (TPSA) is 69.7 Å². The van der Waals surface area contributed by atoms with E-state index in [4.69, 9.17) is 23.2 Å². The van der Waals surface area contributed by atoms with Gasteiger partial charge in [-0.3, -0.25) is 14.4 Å². The van der Waals surface area contributed by atoms with Crippen LogP contribution in [0.5, 0.6) is 0 Å². The lowest BCUT2D eigenvalue weighted by molar-refractivity contribution is -0.138. The molecule has 0 aliphatic carbocycles. The Bertz CT molecular complexity index is 952. The number of anilines is 1. The number of hydrogen-bond acceptors (Lipinski definition) is 3. The van der Waals surface area contributed by atoms with Crippen LogP contribution in [0.4, 0.5) is 5.69 Å². The monoisotopic (exact) mass is 461 g/mol. The predicted molar refractivity (Wildman–Crippen MR) is 122 cm³/mol. The van der Waals surface area contributed by atoms with Gasteiger partial charge in [-0.05, 0) is 49.6 Å². The fourth-order valence-corrected chi connectivity index (χ4v) is 4.05. The number of rotatable bonds is 7. The number of halogens is 2. The largest absolute Gasteiger partial charge is 0.332 e. The van der Waals surface area contributed by atoms with Gasteiger partial charge in [-0.15, -0.1) is 0 Å². The highest BCUT2D eigenvalue weighted by Gasteiger charge is 2.37. The van der Waals surface area contributed by atoms with Crippen molar-refractivity contribution in [2.24, 2.45) is 0 Å². The highest BCUT2D eigenvalue weighted by Crippen LogP contribution is 2.26. The molecule has 1 heterocycles. The van der Waals surface area contributed by atoms with E-state index in [-0.39, 0.29) is 24.3 Å². The highest BCUT2D eigenvalue weighted by atomic mass is 35.5. The summed E-state index contributed by atoms with van der Waals surface area (Å²) >= 11 is 12.1. The molecule has 31 heavy (non-hydrogen) atoms. The predicted octanol–water partition coefficient (Wildman–Crippen LogP) is 4.48. The van der Waals surface area contributed by atoms with Crippen molar-refractivity contribution in [3.05, 3.63) is 64.1 Å². The van der Waals surface area contributed by atoms with Crippen molar-refractivity contribution in [1.82, 2.24) is 9.80 Å². The zero-order valence-electron chi connectivity index (χ0n) is 17.3. The number of hydrogen-bond donors (Lipinski definition) is 1. The number of amides is 3. The van der Waals surface area contributed by atoms with Crippen molar-refractivity contribution in [1.29, 1.82) is 0 Å². The van der Waals surface area contributed by atoms with Gasteiger partial charge in [0.1, 0.15) is 6.04 Å². The molecule has 1 unspecified atom stereocenters. The van der Waals surface area contributed by atoms with Crippen LogP contribution >= 0.6 is 23.2 Å². The van der Waals surface area contributed by atoms with E-state index in [0.717, 1.165) is 6.42 Å². The van der Waals surface area contributed by atoms with Gasteiger partial charge >= 0.3 is 0 Å². The van der Waals surface area contributed by atoms with Crippen LogP contribution in [-0.2, 0) is 9.59 Å². The lowest BCUT2D eigenvalue weighted by Gasteiger charge is -2.30. The van der Waals surface area contributed by atoms with E-state index in [9.17, 15) is 14.4 Å². The van der Waals surface area contributed by atoms with Gasteiger partial charge in [-0.2, -0.15) is 0 Å². The van der Waals surface area contributed by atoms with Crippen molar-refractivity contribution in [3.63, 3.8) is 0 Å². The lowest BCUT2D eigenvalue weighted by atomic mass is 10.1. The second-order valence-electron chi connectivity index (χ2n) is 7.45. The molecule has 6 nitrogen and oxygen atoms in total. The van der Waals surface area contributed by atoms with Gasteiger partial charge in [-0.25, -0.2) is 0 Å². The molecule has 0 spiro atoms. The average molecular weight is 462 g/mol. The van der Waals surface area contributed by atoms with Gasteiger partial charge in [0.15, 0.2) is 0 Å². The first kappa shape index (κ1) is 23.1. The first-order valence-corrected chi connectivity index (χ1v) is 11.1. The minimum atomic E-state index is -0.568. The summed E-state index contributed by atoms with van der Waals surface area (Å²) in [5.41, 5.74) is 0.947. The molecule has 3 rings (SSSR count). The maximum Gasteiger partial charge on any atom is 0.254 e. The normalized spacial score (nSPS) is 15.6. The molecule has 1 fully saturated rings. The first-order valence-electron chi connectivity index (χ1n) is 10.3. The van der Waals surface area contributed by atoms with Gasteiger partial charge in [0.05, 0.1) is 17.3 Å². The van der Waals surface area contributed by atoms with Gasteiger partial charge in [0.25, 0.3) is 5.91 Å². The molecular formula is C23H25Cl2N3O3. The molecule has 0 aromatic heterocycles. The molecule has 1 N–H and O–H groups in total. The standard InChI is InChI=1S/C23H25Cl2N3O3/c1-2-12-27(15-21(29)26-19-14-17(24)10-11-18(19)25)23(31)20-9-6-13-28(20)22(30)16-7-4-3-5-8-16/h3-5,7-8,10-11,14,20H,2,6,9,12-13,15H2,1H3,(H,26,29). The van der Waals surface area contributed by atoms with Gasteiger partial charge in [0, 0.05) is 23.7 Å². The summed E-state index contributed by atoms with van der Waals surface area (Å²) in [6.45, 7) is 2.75. The van der Waals surface area contributed by atoms with E-state index in [0.29, 0.717) is 47.2 Å². The van der Waals surface area contributed by atoms with Crippen LogP contribution in [0.3, 0.4) is 0 Å². The summed E-state index contributed by atoms with van der Waals surface area (Å²) < 4.78 is 0. The number of nitrogens with zero attached hydrogens (tertiary/aromatic N) is 2. The molecular weight excluding hydrogens is 437 g/mol. The zero-order chi connectivity index (χ0) is 22.4. The summed E-state index contributed by atoms with van der Waals surface area (Å²) in [7, 11) is 0. The van der Waals surface area contributed by atoms with Gasteiger partial charge < -0.3 is 15.1 Å². The first-order chi connectivity index (χ1) is 14.9. The Morgan fingerprint density at radius 2 is 1.87 bits per heavy atom. The Labute approximate surface area is 192 Å². The molecule has 1 atom stereocenters. The summed E-state index contributed by atoms with van der Waals surface area (Å²) in [6.07, 6.45) is 2.02. The molecule has 8 heteroatoms. The van der Waals surface area contributed by atoms with Crippen LogP contribution in [0, 0.1) is 0 Å². The third-order valence-electron chi connectivity index (χ3n) is 5.16. The van der Waals surface area contributed by atoms with Crippen molar-refractivity contribution >= 4 is 46.6 Å². The number of benzene rings is 2. The van der Waals surface area contributed by atoms with E-state index in [1.54, 1.807) is 47.4 Å². The van der Waals surface area contributed by atoms with Crippen LogP contribution < -0.4 is 5.32 Å². The molecule has 3 amide bonds.